The Kier molecular flexibility index (Phi) is 5.78. The summed E-state index contributed by atoms with van der Waals surface area (Å²) in [6, 6.07) is 17.6. The van der Waals surface area contributed by atoms with Crippen LogP contribution >= 0.6 is 0 Å². The molecule has 0 amide bonds. The summed E-state index contributed by atoms with van der Waals surface area (Å²) in [7, 11) is 0. The van der Waals surface area contributed by atoms with Crippen LogP contribution in [0.3, 0.4) is 0 Å². The molecule has 2 aromatic rings. The second-order valence-electron chi connectivity index (χ2n) is 4.39. The monoisotopic (exact) mass is 242 g/mol. The van der Waals surface area contributed by atoms with E-state index in [0.717, 1.165) is 11.4 Å². The fourth-order valence-electron chi connectivity index (χ4n) is 1.51. The lowest BCUT2D eigenvalue weighted by molar-refractivity contribution is 0.734. The first-order valence-corrected chi connectivity index (χ1v) is 6.29. The minimum atomic E-state index is 0.649. The molecule has 0 aliphatic rings. The number of nitrogen functional groups attached to an aromatic ring is 2. The van der Waals surface area contributed by atoms with Crippen molar-refractivity contribution in [1.29, 1.82) is 0 Å². The molecule has 0 saturated carbocycles. The van der Waals surface area contributed by atoms with Crippen molar-refractivity contribution in [2.75, 3.05) is 11.5 Å². The van der Waals surface area contributed by atoms with E-state index in [9.17, 15) is 0 Å². The number of anilines is 2. The molecule has 18 heavy (non-hydrogen) atoms. The molecule has 2 aromatic carbocycles. The van der Waals surface area contributed by atoms with Crippen molar-refractivity contribution in [3.05, 3.63) is 60.2 Å². The zero-order valence-electron chi connectivity index (χ0n) is 11.1. The fourth-order valence-corrected chi connectivity index (χ4v) is 1.51. The van der Waals surface area contributed by atoms with E-state index in [1.54, 1.807) is 0 Å². The number of hydrogen-bond donors (Lipinski definition) is 2. The van der Waals surface area contributed by atoms with Crippen LogP contribution in [0, 0.1) is 0 Å². The van der Waals surface area contributed by atoms with E-state index in [4.69, 9.17) is 11.5 Å². The quantitative estimate of drug-likeness (QED) is 0.780. The molecule has 0 radical (unpaired) electrons. The molecule has 0 fully saturated rings. The zero-order chi connectivity index (χ0) is 13.4. The third kappa shape index (κ3) is 4.91. The van der Waals surface area contributed by atoms with Crippen molar-refractivity contribution >= 4 is 11.4 Å². The van der Waals surface area contributed by atoms with Gasteiger partial charge in [-0.1, -0.05) is 44.2 Å². The van der Waals surface area contributed by atoms with Crippen LogP contribution in [0.5, 0.6) is 0 Å². The molecule has 96 valence electrons. The van der Waals surface area contributed by atoms with Crippen LogP contribution in [0.25, 0.3) is 0 Å². The van der Waals surface area contributed by atoms with Crippen molar-refractivity contribution in [3.8, 4) is 0 Å². The van der Waals surface area contributed by atoms with Crippen molar-refractivity contribution < 1.29 is 0 Å². The van der Waals surface area contributed by atoms with E-state index in [1.807, 2.05) is 42.5 Å². The van der Waals surface area contributed by atoms with Gasteiger partial charge in [0.1, 0.15) is 0 Å². The second-order valence-corrected chi connectivity index (χ2v) is 4.39. The molecular formula is C16H22N2. The number of nitrogens with two attached hydrogens (primary N) is 2. The molecule has 0 heterocycles. The average Bonchev–Trinajstić information content (AvgIpc) is 2.40. The van der Waals surface area contributed by atoms with E-state index < -0.39 is 0 Å². The van der Waals surface area contributed by atoms with Gasteiger partial charge < -0.3 is 11.5 Å². The summed E-state index contributed by atoms with van der Waals surface area (Å²) >= 11 is 0. The first kappa shape index (κ1) is 14.1. The Labute approximate surface area is 110 Å². The van der Waals surface area contributed by atoms with Gasteiger partial charge in [0.15, 0.2) is 0 Å². The van der Waals surface area contributed by atoms with Crippen LogP contribution in [-0.4, -0.2) is 0 Å². The smallest absolute Gasteiger partial charge is 0.0314 e. The van der Waals surface area contributed by atoms with Crippen LogP contribution in [-0.2, 0) is 0 Å². The van der Waals surface area contributed by atoms with E-state index >= 15 is 0 Å². The molecule has 0 spiro atoms. The van der Waals surface area contributed by atoms with Gasteiger partial charge in [-0.3, -0.25) is 0 Å². The Morgan fingerprint density at radius 2 is 1.33 bits per heavy atom. The molecule has 4 N–H and O–H groups in total. The summed E-state index contributed by atoms with van der Waals surface area (Å²) in [4.78, 5) is 0. The highest BCUT2D eigenvalue weighted by Gasteiger charge is 2.00. The topological polar surface area (TPSA) is 52.0 Å². The first-order chi connectivity index (χ1) is 8.63. The fraction of sp³-hybridized carbons (Fsp3) is 0.250. The summed E-state index contributed by atoms with van der Waals surface area (Å²) < 4.78 is 0. The maximum Gasteiger partial charge on any atom is 0.0314 e. The van der Waals surface area contributed by atoms with Gasteiger partial charge >= 0.3 is 0 Å². The maximum atomic E-state index is 5.57. The molecule has 2 rings (SSSR count). The van der Waals surface area contributed by atoms with Crippen molar-refractivity contribution in [1.82, 2.24) is 0 Å². The molecule has 0 aromatic heterocycles. The second kappa shape index (κ2) is 7.38. The highest BCUT2D eigenvalue weighted by atomic mass is 14.5. The summed E-state index contributed by atoms with van der Waals surface area (Å²) in [6.45, 7) is 4.42. The average molecular weight is 242 g/mol. The van der Waals surface area contributed by atoms with Gasteiger partial charge in [0, 0.05) is 11.4 Å². The lowest BCUT2D eigenvalue weighted by atomic mass is 9.99. The largest absolute Gasteiger partial charge is 0.399 e. The van der Waals surface area contributed by atoms with Gasteiger partial charge in [-0.05, 0) is 42.2 Å². The summed E-state index contributed by atoms with van der Waals surface area (Å²) in [5.74, 6) is 0.649. The van der Waals surface area contributed by atoms with E-state index in [1.165, 1.54) is 12.0 Å². The summed E-state index contributed by atoms with van der Waals surface area (Å²) in [5.41, 5.74) is 14.0. The normalized spacial score (nSPS) is 11.2. The van der Waals surface area contributed by atoms with Crippen molar-refractivity contribution in [2.45, 2.75) is 26.2 Å². The number of benzene rings is 2. The van der Waals surface area contributed by atoms with Crippen LogP contribution in [0.15, 0.2) is 54.6 Å². The molecule has 0 aliphatic carbocycles. The Bertz CT molecular complexity index is 434. The maximum absolute atomic E-state index is 5.57. The lowest BCUT2D eigenvalue weighted by Gasteiger charge is -2.07. The highest BCUT2D eigenvalue weighted by Crippen LogP contribution is 2.18. The van der Waals surface area contributed by atoms with Crippen molar-refractivity contribution in [2.24, 2.45) is 0 Å². The minimum Gasteiger partial charge on any atom is -0.399 e. The number of hydrogen-bond acceptors (Lipinski definition) is 2. The number of rotatable bonds is 2. The van der Waals surface area contributed by atoms with Crippen LogP contribution in [0.1, 0.15) is 31.7 Å². The third-order valence-corrected chi connectivity index (χ3v) is 2.92. The van der Waals surface area contributed by atoms with Crippen molar-refractivity contribution in [3.63, 3.8) is 0 Å². The van der Waals surface area contributed by atoms with Gasteiger partial charge in [0.25, 0.3) is 0 Å². The van der Waals surface area contributed by atoms with Crippen LogP contribution in [0.4, 0.5) is 11.4 Å². The van der Waals surface area contributed by atoms with Gasteiger partial charge in [-0.2, -0.15) is 0 Å². The highest BCUT2D eigenvalue weighted by molar-refractivity contribution is 5.40. The SMILES string of the molecule is CCC(C)c1ccc(N)cc1.Nc1ccccc1. The Morgan fingerprint density at radius 1 is 0.833 bits per heavy atom. The van der Waals surface area contributed by atoms with E-state index in [-0.39, 0.29) is 0 Å². The van der Waals surface area contributed by atoms with Gasteiger partial charge in [-0.25, -0.2) is 0 Å². The zero-order valence-corrected chi connectivity index (χ0v) is 11.1. The minimum absolute atomic E-state index is 0.649. The lowest BCUT2D eigenvalue weighted by Crippen LogP contribution is -1.91. The Morgan fingerprint density at radius 3 is 1.72 bits per heavy atom. The molecule has 2 nitrogen and oxygen atoms in total. The van der Waals surface area contributed by atoms with Crippen LogP contribution in [0.2, 0.25) is 0 Å². The predicted octanol–water partition coefficient (Wildman–Crippen LogP) is 4.05. The molecular weight excluding hydrogens is 220 g/mol. The molecule has 0 saturated heterocycles. The molecule has 2 heteroatoms. The predicted molar refractivity (Wildman–Crippen MR) is 80.4 cm³/mol. The van der Waals surface area contributed by atoms with Gasteiger partial charge in [0.2, 0.25) is 0 Å². The van der Waals surface area contributed by atoms with E-state index in [0.29, 0.717) is 5.92 Å². The van der Waals surface area contributed by atoms with Crippen LogP contribution < -0.4 is 11.5 Å². The Balaban J connectivity index is 0.000000199. The molecule has 1 atom stereocenters. The number of para-hydroxylation sites is 1. The molecule has 0 bridgehead atoms. The van der Waals surface area contributed by atoms with Gasteiger partial charge in [0.05, 0.1) is 0 Å². The molecule has 1 unspecified atom stereocenters. The first-order valence-electron chi connectivity index (χ1n) is 6.29. The van der Waals surface area contributed by atoms with E-state index in [2.05, 4.69) is 26.0 Å². The van der Waals surface area contributed by atoms with Gasteiger partial charge in [-0.15, -0.1) is 0 Å². The summed E-state index contributed by atoms with van der Waals surface area (Å²) in [5, 5.41) is 0. The molecule has 0 aliphatic heterocycles. The third-order valence-electron chi connectivity index (χ3n) is 2.92. The standard InChI is InChI=1S/C10H15N.C6H7N/c1-3-8(2)9-4-6-10(11)7-5-9;7-6-4-2-1-3-5-6/h4-8H,3,11H2,1-2H3;1-5H,7H2. The summed E-state index contributed by atoms with van der Waals surface area (Å²) in [6.07, 6.45) is 1.18. The Hall–Kier alpha value is -1.96.